The maximum absolute atomic E-state index is 5.57. The van der Waals surface area contributed by atoms with Gasteiger partial charge in [-0.2, -0.15) is 0 Å². The normalized spacial score (nSPS) is 12.8. The van der Waals surface area contributed by atoms with Crippen LogP contribution in [0.1, 0.15) is 23.6 Å². The second kappa shape index (κ2) is 5.91. The molecule has 84 valence electrons. The van der Waals surface area contributed by atoms with E-state index in [0.29, 0.717) is 0 Å². The molecule has 1 aromatic rings. The van der Waals surface area contributed by atoms with Crippen LogP contribution in [0.2, 0.25) is 0 Å². The monoisotopic (exact) mass is 214 g/mol. The van der Waals surface area contributed by atoms with E-state index in [4.69, 9.17) is 5.73 Å². The van der Waals surface area contributed by atoms with Crippen molar-refractivity contribution in [3.8, 4) is 0 Å². The summed E-state index contributed by atoms with van der Waals surface area (Å²) < 4.78 is 0. The summed E-state index contributed by atoms with van der Waals surface area (Å²) in [5.41, 5.74) is 10.1. The van der Waals surface area contributed by atoms with E-state index in [1.165, 1.54) is 11.1 Å². The number of hydrogen-bond donors (Lipinski definition) is 1. The minimum absolute atomic E-state index is 0.942. The van der Waals surface area contributed by atoms with Gasteiger partial charge in [0.2, 0.25) is 0 Å². The van der Waals surface area contributed by atoms with Gasteiger partial charge in [0.05, 0.1) is 0 Å². The van der Waals surface area contributed by atoms with Gasteiger partial charge in [0, 0.05) is 25.0 Å². The Bertz CT molecular complexity index is 440. The van der Waals surface area contributed by atoms with Gasteiger partial charge in [-0.1, -0.05) is 30.4 Å². The third-order valence-electron chi connectivity index (χ3n) is 2.40. The summed E-state index contributed by atoms with van der Waals surface area (Å²) in [4.78, 5) is 3.98. The molecule has 0 spiro atoms. The van der Waals surface area contributed by atoms with E-state index in [-0.39, 0.29) is 0 Å². The second-order valence-corrected chi connectivity index (χ2v) is 3.58. The van der Waals surface area contributed by atoms with Gasteiger partial charge in [-0.15, -0.1) is 0 Å². The Hall–Kier alpha value is -1.83. The topological polar surface area (TPSA) is 38.4 Å². The third kappa shape index (κ3) is 2.83. The van der Waals surface area contributed by atoms with Gasteiger partial charge in [-0.25, -0.2) is 0 Å². The van der Waals surface area contributed by atoms with Crippen LogP contribution in [0.3, 0.4) is 0 Å². The summed E-state index contributed by atoms with van der Waals surface area (Å²) in [6.07, 6.45) is 7.48. The SMILES string of the molecule is C/C=C\c1ccc(C(C=NC)=CN)cc1C. The first-order valence-electron chi connectivity index (χ1n) is 5.30. The van der Waals surface area contributed by atoms with E-state index in [9.17, 15) is 0 Å². The zero-order valence-electron chi connectivity index (χ0n) is 10.1. The van der Waals surface area contributed by atoms with Crippen LogP contribution in [0.4, 0.5) is 0 Å². The molecule has 0 fully saturated rings. The predicted molar refractivity (Wildman–Crippen MR) is 72.5 cm³/mol. The van der Waals surface area contributed by atoms with E-state index in [0.717, 1.165) is 11.1 Å². The van der Waals surface area contributed by atoms with E-state index in [2.05, 4.69) is 36.2 Å². The van der Waals surface area contributed by atoms with Gasteiger partial charge < -0.3 is 5.73 Å². The van der Waals surface area contributed by atoms with Crippen LogP contribution in [-0.2, 0) is 0 Å². The Kier molecular flexibility index (Phi) is 4.52. The smallest absolute Gasteiger partial charge is 0.0301 e. The first-order chi connectivity index (χ1) is 7.72. The minimum Gasteiger partial charge on any atom is -0.404 e. The molecule has 0 heterocycles. The van der Waals surface area contributed by atoms with Crippen molar-refractivity contribution in [3.05, 3.63) is 47.2 Å². The lowest BCUT2D eigenvalue weighted by Gasteiger charge is -2.05. The molecule has 0 saturated carbocycles. The van der Waals surface area contributed by atoms with E-state index < -0.39 is 0 Å². The Balaban J connectivity index is 3.14. The van der Waals surface area contributed by atoms with Crippen LogP contribution < -0.4 is 5.73 Å². The molecule has 0 saturated heterocycles. The molecule has 1 rings (SSSR count). The van der Waals surface area contributed by atoms with Crippen LogP contribution >= 0.6 is 0 Å². The van der Waals surface area contributed by atoms with Crippen LogP contribution in [0.15, 0.2) is 35.5 Å². The average Bonchev–Trinajstić information content (AvgIpc) is 2.29. The van der Waals surface area contributed by atoms with Crippen molar-refractivity contribution < 1.29 is 0 Å². The molecular formula is C14H18N2. The summed E-state index contributed by atoms with van der Waals surface area (Å²) in [6, 6.07) is 6.27. The molecule has 0 radical (unpaired) electrons. The minimum atomic E-state index is 0.942. The maximum Gasteiger partial charge on any atom is 0.0301 e. The lowest BCUT2D eigenvalue weighted by Crippen LogP contribution is -1.93. The van der Waals surface area contributed by atoms with E-state index >= 15 is 0 Å². The molecule has 0 amide bonds. The van der Waals surface area contributed by atoms with E-state index in [1.54, 1.807) is 19.5 Å². The summed E-state index contributed by atoms with van der Waals surface area (Å²) >= 11 is 0. The van der Waals surface area contributed by atoms with Crippen molar-refractivity contribution in [1.82, 2.24) is 0 Å². The first-order valence-corrected chi connectivity index (χ1v) is 5.30. The number of rotatable bonds is 3. The van der Waals surface area contributed by atoms with Crippen molar-refractivity contribution >= 4 is 17.9 Å². The van der Waals surface area contributed by atoms with Crippen LogP contribution in [0.25, 0.3) is 11.6 Å². The zero-order valence-corrected chi connectivity index (χ0v) is 10.1. The number of hydrogen-bond acceptors (Lipinski definition) is 2. The molecule has 2 N–H and O–H groups in total. The van der Waals surface area contributed by atoms with Crippen molar-refractivity contribution in [2.75, 3.05) is 7.05 Å². The lowest BCUT2D eigenvalue weighted by atomic mass is 10.0. The average molecular weight is 214 g/mol. The highest BCUT2D eigenvalue weighted by molar-refractivity contribution is 6.09. The van der Waals surface area contributed by atoms with Crippen molar-refractivity contribution in [2.24, 2.45) is 10.7 Å². The molecule has 0 aliphatic rings. The van der Waals surface area contributed by atoms with Gasteiger partial charge in [-0.05, 0) is 30.5 Å². The van der Waals surface area contributed by atoms with Crippen LogP contribution in [0, 0.1) is 6.92 Å². The van der Waals surface area contributed by atoms with Crippen molar-refractivity contribution in [2.45, 2.75) is 13.8 Å². The van der Waals surface area contributed by atoms with Crippen LogP contribution in [-0.4, -0.2) is 13.3 Å². The van der Waals surface area contributed by atoms with Gasteiger partial charge in [0.1, 0.15) is 0 Å². The molecule has 0 aromatic heterocycles. The Morgan fingerprint density at radius 3 is 2.62 bits per heavy atom. The Morgan fingerprint density at radius 1 is 1.38 bits per heavy atom. The highest BCUT2D eigenvalue weighted by Gasteiger charge is 2.00. The lowest BCUT2D eigenvalue weighted by molar-refractivity contribution is 1.41. The van der Waals surface area contributed by atoms with Gasteiger partial charge in [-0.3, -0.25) is 4.99 Å². The van der Waals surface area contributed by atoms with Crippen LogP contribution in [0.5, 0.6) is 0 Å². The number of benzene rings is 1. The summed E-state index contributed by atoms with van der Waals surface area (Å²) in [5, 5.41) is 0. The molecule has 2 heteroatoms. The predicted octanol–water partition coefficient (Wildman–Crippen LogP) is 3.03. The van der Waals surface area contributed by atoms with Crippen molar-refractivity contribution in [1.29, 1.82) is 0 Å². The summed E-state index contributed by atoms with van der Waals surface area (Å²) in [7, 11) is 1.74. The summed E-state index contributed by atoms with van der Waals surface area (Å²) in [5.74, 6) is 0. The number of aryl methyl sites for hydroxylation is 1. The highest BCUT2D eigenvalue weighted by atomic mass is 14.6. The standard InChI is InChI=1S/C14H18N2/c1-4-5-12-6-7-13(8-11(12)2)14(9-15)10-16-3/h4-10H,15H2,1-3H3/b5-4-,14-9?,16-10?. The number of aliphatic imine (C=N–C) groups is 1. The highest BCUT2D eigenvalue weighted by Crippen LogP contribution is 2.17. The molecule has 0 atom stereocenters. The molecule has 0 unspecified atom stereocenters. The third-order valence-corrected chi connectivity index (χ3v) is 2.40. The molecule has 16 heavy (non-hydrogen) atoms. The largest absolute Gasteiger partial charge is 0.404 e. The van der Waals surface area contributed by atoms with Gasteiger partial charge >= 0.3 is 0 Å². The molecule has 2 nitrogen and oxygen atoms in total. The molecule has 0 aliphatic carbocycles. The molecular weight excluding hydrogens is 196 g/mol. The fourth-order valence-electron chi connectivity index (χ4n) is 1.57. The fraction of sp³-hybridized carbons (Fsp3) is 0.214. The zero-order chi connectivity index (χ0) is 12.0. The second-order valence-electron chi connectivity index (χ2n) is 3.58. The van der Waals surface area contributed by atoms with Crippen molar-refractivity contribution in [3.63, 3.8) is 0 Å². The van der Waals surface area contributed by atoms with E-state index in [1.807, 2.05) is 13.0 Å². The molecule has 0 bridgehead atoms. The fourth-order valence-corrected chi connectivity index (χ4v) is 1.57. The number of allylic oxidation sites excluding steroid dienone is 2. The summed E-state index contributed by atoms with van der Waals surface area (Å²) in [6.45, 7) is 4.11. The maximum atomic E-state index is 5.57. The Labute approximate surface area is 97.2 Å². The van der Waals surface area contributed by atoms with Gasteiger partial charge in [0.15, 0.2) is 0 Å². The molecule has 0 aliphatic heterocycles. The number of nitrogens with two attached hydrogens (primary N) is 1. The molecule has 1 aromatic carbocycles. The quantitative estimate of drug-likeness (QED) is 0.772. The number of nitrogens with zero attached hydrogens (tertiary/aromatic N) is 1. The Morgan fingerprint density at radius 2 is 2.12 bits per heavy atom. The van der Waals surface area contributed by atoms with Gasteiger partial charge in [0.25, 0.3) is 0 Å². The first kappa shape index (κ1) is 12.2.